The summed E-state index contributed by atoms with van der Waals surface area (Å²) in [5.41, 5.74) is 2.69. The SMILES string of the molecule is C/C(=N/NC(=O)c1cc(Cl)ccc1O)c1cc2ccccc2oc1=O. The summed E-state index contributed by atoms with van der Waals surface area (Å²) in [6, 6.07) is 12.8. The Bertz CT molecular complexity index is 1060. The van der Waals surface area contributed by atoms with Crippen LogP contribution in [0.5, 0.6) is 5.75 Å². The van der Waals surface area contributed by atoms with Gasteiger partial charge in [0.05, 0.1) is 16.8 Å². The van der Waals surface area contributed by atoms with Gasteiger partial charge in [-0.15, -0.1) is 0 Å². The molecule has 0 atom stereocenters. The minimum absolute atomic E-state index is 0.0189. The zero-order valence-electron chi connectivity index (χ0n) is 13.1. The number of amides is 1. The third-order valence-corrected chi connectivity index (χ3v) is 3.79. The van der Waals surface area contributed by atoms with Crippen LogP contribution in [-0.4, -0.2) is 16.7 Å². The number of nitrogens with zero attached hydrogens (tertiary/aromatic N) is 1. The van der Waals surface area contributed by atoms with Crippen LogP contribution in [0.15, 0.2) is 62.8 Å². The van der Waals surface area contributed by atoms with E-state index in [1.165, 1.54) is 18.2 Å². The second-order valence-corrected chi connectivity index (χ2v) is 5.72. The highest BCUT2D eigenvalue weighted by atomic mass is 35.5. The van der Waals surface area contributed by atoms with Gasteiger partial charge in [0.1, 0.15) is 11.3 Å². The van der Waals surface area contributed by atoms with E-state index in [-0.39, 0.29) is 22.6 Å². The average Bonchev–Trinajstić information content (AvgIpc) is 2.60. The molecule has 1 heterocycles. The van der Waals surface area contributed by atoms with Crippen molar-refractivity contribution >= 4 is 34.2 Å². The first-order valence-electron chi connectivity index (χ1n) is 7.32. The Hall–Kier alpha value is -3.12. The summed E-state index contributed by atoms with van der Waals surface area (Å²) in [7, 11) is 0. The van der Waals surface area contributed by atoms with Crippen LogP contribution >= 0.6 is 11.6 Å². The fourth-order valence-electron chi connectivity index (χ4n) is 2.26. The molecule has 0 spiro atoms. The van der Waals surface area contributed by atoms with Gasteiger partial charge in [-0.2, -0.15) is 5.10 Å². The van der Waals surface area contributed by atoms with E-state index in [1.807, 2.05) is 6.07 Å². The van der Waals surface area contributed by atoms with Crippen molar-refractivity contribution in [3.05, 3.63) is 75.1 Å². The number of hydrazone groups is 1. The highest BCUT2D eigenvalue weighted by Crippen LogP contribution is 2.21. The van der Waals surface area contributed by atoms with Crippen molar-refractivity contribution in [3.63, 3.8) is 0 Å². The van der Waals surface area contributed by atoms with E-state index < -0.39 is 11.5 Å². The third-order valence-electron chi connectivity index (χ3n) is 3.56. The molecule has 6 nitrogen and oxygen atoms in total. The Morgan fingerprint density at radius 2 is 1.92 bits per heavy atom. The largest absolute Gasteiger partial charge is 0.507 e. The van der Waals surface area contributed by atoms with E-state index in [2.05, 4.69) is 10.5 Å². The van der Waals surface area contributed by atoms with Crippen molar-refractivity contribution in [1.82, 2.24) is 5.43 Å². The molecule has 2 aromatic carbocycles. The molecule has 0 fully saturated rings. The summed E-state index contributed by atoms with van der Waals surface area (Å²) in [4.78, 5) is 24.2. The van der Waals surface area contributed by atoms with E-state index >= 15 is 0 Å². The number of halogens is 1. The molecule has 0 bridgehead atoms. The van der Waals surface area contributed by atoms with Gasteiger partial charge in [-0.3, -0.25) is 4.79 Å². The number of carbonyl (C=O) groups excluding carboxylic acids is 1. The van der Waals surface area contributed by atoms with Crippen LogP contribution in [0.2, 0.25) is 5.02 Å². The number of para-hydroxylation sites is 1. The van der Waals surface area contributed by atoms with Crippen molar-refractivity contribution in [2.75, 3.05) is 0 Å². The highest BCUT2D eigenvalue weighted by molar-refractivity contribution is 6.31. The number of benzene rings is 2. The number of hydrogen-bond donors (Lipinski definition) is 2. The second-order valence-electron chi connectivity index (χ2n) is 5.28. The maximum absolute atomic E-state index is 12.1. The first-order chi connectivity index (χ1) is 12.0. The second kappa shape index (κ2) is 6.78. The molecule has 3 rings (SSSR count). The molecule has 1 amide bonds. The molecule has 0 aliphatic rings. The minimum atomic E-state index is -0.649. The van der Waals surface area contributed by atoms with Crippen LogP contribution < -0.4 is 11.1 Å². The van der Waals surface area contributed by atoms with Crippen LogP contribution in [0, 0.1) is 0 Å². The summed E-state index contributed by atoms with van der Waals surface area (Å²) < 4.78 is 5.23. The molecule has 25 heavy (non-hydrogen) atoms. The lowest BCUT2D eigenvalue weighted by Gasteiger charge is -2.05. The third kappa shape index (κ3) is 3.54. The zero-order chi connectivity index (χ0) is 18.0. The number of phenolic OH excluding ortho intramolecular Hbond substituents is 1. The molecule has 0 saturated heterocycles. The van der Waals surface area contributed by atoms with Gasteiger partial charge in [0, 0.05) is 10.4 Å². The normalized spacial score (nSPS) is 11.5. The molecule has 2 N–H and O–H groups in total. The van der Waals surface area contributed by atoms with E-state index in [4.69, 9.17) is 16.0 Å². The number of rotatable bonds is 3. The molecule has 0 aliphatic carbocycles. The molecule has 3 aromatic rings. The van der Waals surface area contributed by atoms with Gasteiger partial charge >= 0.3 is 5.63 Å². The van der Waals surface area contributed by atoms with Crippen molar-refractivity contribution in [2.24, 2.45) is 5.10 Å². The van der Waals surface area contributed by atoms with Gasteiger partial charge in [-0.1, -0.05) is 29.8 Å². The predicted molar refractivity (Wildman–Crippen MR) is 95.3 cm³/mol. The first kappa shape index (κ1) is 16.7. The van der Waals surface area contributed by atoms with Crippen molar-refractivity contribution in [2.45, 2.75) is 6.92 Å². The van der Waals surface area contributed by atoms with Crippen molar-refractivity contribution in [3.8, 4) is 5.75 Å². The Morgan fingerprint density at radius 1 is 1.16 bits per heavy atom. The van der Waals surface area contributed by atoms with Crippen LogP contribution in [0.1, 0.15) is 22.8 Å². The molecule has 7 heteroatoms. The summed E-state index contributed by atoms with van der Waals surface area (Å²) >= 11 is 5.82. The number of aromatic hydroxyl groups is 1. The summed E-state index contributed by atoms with van der Waals surface area (Å²) in [5.74, 6) is -0.871. The molecule has 0 saturated carbocycles. The Labute approximate surface area is 147 Å². The zero-order valence-corrected chi connectivity index (χ0v) is 13.9. The summed E-state index contributed by atoms with van der Waals surface area (Å²) in [6.07, 6.45) is 0. The van der Waals surface area contributed by atoms with Crippen LogP contribution in [0.3, 0.4) is 0 Å². The average molecular weight is 357 g/mol. The van der Waals surface area contributed by atoms with Gasteiger partial charge in [-0.25, -0.2) is 10.2 Å². The Balaban J connectivity index is 1.89. The monoisotopic (exact) mass is 356 g/mol. The lowest BCUT2D eigenvalue weighted by molar-refractivity contribution is 0.0952. The summed E-state index contributed by atoms with van der Waals surface area (Å²) in [6.45, 7) is 1.57. The van der Waals surface area contributed by atoms with Gasteiger partial charge < -0.3 is 9.52 Å². The first-order valence-corrected chi connectivity index (χ1v) is 7.70. The number of phenols is 1. The van der Waals surface area contributed by atoms with Gasteiger partial charge in [-0.05, 0) is 37.3 Å². The number of fused-ring (bicyclic) bond motifs is 1. The van der Waals surface area contributed by atoms with Gasteiger partial charge in [0.2, 0.25) is 0 Å². The molecule has 0 aliphatic heterocycles. The smallest absolute Gasteiger partial charge is 0.345 e. The van der Waals surface area contributed by atoms with E-state index in [0.717, 1.165) is 5.39 Å². The Morgan fingerprint density at radius 3 is 2.72 bits per heavy atom. The number of hydrogen-bond acceptors (Lipinski definition) is 5. The van der Waals surface area contributed by atoms with E-state index in [1.54, 1.807) is 31.2 Å². The minimum Gasteiger partial charge on any atom is -0.507 e. The maximum Gasteiger partial charge on any atom is 0.345 e. The fourth-order valence-corrected chi connectivity index (χ4v) is 2.43. The van der Waals surface area contributed by atoms with Crippen molar-refractivity contribution < 1.29 is 14.3 Å². The lowest BCUT2D eigenvalue weighted by Crippen LogP contribution is -2.21. The standard InChI is InChI=1S/C18H13ClN2O4/c1-10(13-8-11-4-2-3-5-16(11)25-18(13)24)20-21-17(23)14-9-12(19)6-7-15(14)22/h2-9,22H,1H3,(H,21,23)/b20-10-. The van der Waals surface area contributed by atoms with Gasteiger partial charge in [0.25, 0.3) is 5.91 Å². The molecular formula is C18H13ClN2O4. The van der Waals surface area contributed by atoms with Crippen LogP contribution in [0.4, 0.5) is 0 Å². The molecule has 0 radical (unpaired) electrons. The fraction of sp³-hybridized carbons (Fsp3) is 0.0556. The molecular weight excluding hydrogens is 344 g/mol. The predicted octanol–water partition coefficient (Wildman–Crippen LogP) is 3.31. The number of carbonyl (C=O) groups is 1. The molecule has 126 valence electrons. The summed E-state index contributed by atoms with van der Waals surface area (Å²) in [5, 5.41) is 14.7. The highest BCUT2D eigenvalue weighted by Gasteiger charge is 2.13. The quantitative estimate of drug-likeness (QED) is 0.428. The Kier molecular flexibility index (Phi) is 4.54. The van der Waals surface area contributed by atoms with Gasteiger partial charge in [0.15, 0.2) is 0 Å². The molecule has 0 unspecified atom stereocenters. The van der Waals surface area contributed by atoms with Crippen molar-refractivity contribution in [1.29, 1.82) is 0 Å². The molecule has 1 aromatic heterocycles. The van der Waals surface area contributed by atoms with E-state index in [9.17, 15) is 14.7 Å². The van der Waals surface area contributed by atoms with E-state index in [0.29, 0.717) is 10.6 Å². The van der Waals surface area contributed by atoms with Crippen LogP contribution in [-0.2, 0) is 0 Å². The topological polar surface area (TPSA) is 91.9 Å². The maximum atomic E-state index is 12.1. The van der Waals surface area contributed by atoms with Crippen LogP contribution in [0.25, 0.3) is 11.0 Å². The lowest BCUT2D eigenvalue weighted by atomic mass is 10.1. The number of nitrogens with one attached hydrogen (secondary N) is 1.